The highest BCUT2D eigenvalue weighted by Gasteiger charge is 2.25. The lowest BCUT2D eigenvalue weighted by molar-refractivity contribution is -0.131. The molecule has 3 rings (SSSR count). The van der Waals surface area contributed by atoms with Gasteiger partial charge in [-0.2, -0.15) is 5.10 Å². The molecular weight excluding hydrogens is 286 g/mol. The topological polar surface area (TPSA) is 72.6 Å². The van der Waals surface area contributed by atoms with Crippen molar-refractivity contribution < 1.29 is 9.53 Å². The predicted molar refractivity (Wildman–Crippen MR) is 79.4 cm³/mol. The van der Waals surface area contributed by atoms with E-state index in [1.165, 1.54) is 11.1 Å². The van der Waals surface area contributed by atoms with Crippen molar-refractivity contribution in [1.82, 2.24) is 24.1 Å². The monoisotopic (exact) mass is 309 g/mol. The zero-order chi connectivity index (χ0) is 15.7. The van der Waals surface area contributed by atoms with Crippen LogP contribution in [0.25, 0.3) is 0 Å². The van der Waals surface area contributed by atoms with Gasteiger partial charge < -0.3 is 14.5 Å². The third-order valence-corrected chi connectivity index (χ3v) is 4.56. The molecule has 1 aromatic rings. The lowest BCUT2D eigenvalue weighted by Crippen LogP contribution is -2.42. The molecule has 8 heteroatoms. The number of hydrogen-bond acceptors (Lipinski definition) is 5. The number of nitrogens with zero attached hydrogens (tertiary/aromatic N) is 5. The Morgan fingerprint density at radius 2 is 2.27 bits per heavy atom. The van der Waals surface area contributed by atoms with Crippen LogP contribution in [0.5, 0.6) is 0 Å². The largest absolute Gasteiger partial charge is 0.372 e. The maximum Gasteiger partial charge on any atom is 0.346 e. The van der Waals surface area contributed by atoms with Gasteiger partial charge in [0.05, 0.1) is 13.2 Å². The van der Waals surface area contributed by atoms with Crippen LogP contribution in [0.2, 0.25) is 0 Å². The molecule has 1 amide bonds. The van der Waals surface area contributed by atoms with Gasteiger partial charge in [0.2, 0.25) is 5.91 Å². The molecule has 0 radical (unpaired) electrons. The van der Waals surface area contributed by atoms with Crippen molar-refractivity contribution >= 4 is 5.91 Å². The Kier molecular flexibility index (Phi) is 4.30. The number of amides is 1. The summed E-state index contributed by atoms with van der Waals surface area (Å²) in [6, 6.07) is 0.411. The number of hydrogen-bond donors (Lipinski definition) is 0. The van der Waals surface area contributed by atoms with Gasteiger partial charge in [-0.1, -0.05) is 0 Å². The summed E-state index contributed by atoms with van der Waals surface area (Å²) in [7, 11) is 3.88. The minimum atomic E-state index is -0.224. The molecule has 0 N–H and O–H groups in total. The van der Waals surface area contributed by atoms with Crippen LogP contribution in [-0.4, -0.2) is 69.9 Å². The normalized spacial score (nSPS) is 21.8. The second-order valence-electron chi connectivity index (χ2n) is 6.11. The maximum absolute atomic E-state index is 12.3. The maximum atomic E-state index is 12.3. The number of rotatable bonds is 4. The SMILES string of the molecule is CN(C[C@H]1CCCN1C)C(=O)Cn1nc2n(c1=O)CCOC2. The quantitative estimate of drug-likeness (QED) is 0.723. The molecule has 122 valence electrons. The Hall–Kier alpha value is -1.67. The van der Waals surface area contributed by atoms with Crippen molar-refractivity contribution in [1.29, 1.82) is 0 Å². The van der Waals surface area contributed by atoms with Crippen LogP contribution >= 0.6 is 0 Å². The van der Waals surface area contributed by atoms with E-state index >= 15 is 0 Å². The van der Waals surface area contributed by atoms with Crippen LogP contribution in [0.4, 0.5) is 0 Å². The van der Waals surface area contributed by atoms with E-state index in [4.69, 9.17) is 4.74 Å². The molecule has 8 nitrogen and oxygen atoms in total. The van der Waals surface area contributed by atoms with E-state index in [0.717, 1.165) is 13.0 Å². The van der Waals surface area contributed by atoms with E-state index in [1.54, 1.807) is 16.5 Å². The summed E-state index contributed by atoms with van der Waals surface area (Å²) < 4.78 is 8.12. The lowest BCUT2D eigenvalue weighted by atomic mass is 10.2. The van der Waals surface area contributed by atoms with Gasteiger partial charge in [-0.15, -0.1) is 0 Å². The van der Waals surface area contributed by atoms with Crippen LogP contribution in [0, 0.1) is 0 Å². The van der Waals surface area contributed by atoms with Crippen molar-refractivity contribution in [2.75, 3.05) is 33.8 Å². The van der Waals surface area contributed by atoms with Crippen LogP contribution in [0.15, 0.2) is 4.79 Å². The van der Waals surface area contributed by atoms with Crippen molar-refractivity contribution in [2.45, 2.75) is 38.6 Å². The Morgan fingerprint density at radius 1 is 1.45 bits per heavy atom. The summed E-state index contributed by atoms with van der Waals surface area (Å²) in [4.78, 5) is 28.5. The Morgan fingerprint density at radius 3 is 2.95 bits per heavy atom. The highest BCUT2D eigenvalue weighted by atomic mass is 16.5. The average molecular weight is 309 g/mol. The molecule has 1 fully saturated rings. The molecule has 0 bridgehead atoms. The van der Waals surface area contributed by atoms with Gasteiger partial charge in [-0.3, -0.25) is 9.36 Å². The summed E-state index contributed by atoms with van der Waals surface area (Å²) in [5, 5.41) is 4.20. The summed E-state index contributed by atoms with van der Waals surface area (Å²) >= 11 is 0. The van der Waals surface area contributed by atoms with E-state index in [9.17, 15) is 9.59 Å². The molecule has 0 aliphatic carbocycles. The first-order valence-corrected chi connectivity index (χ1v) is 7.74. The van der Waals surface area contributed by atoms with E-state index in [-0.39, 0.29) is 18.1 Å². The van der Waals surface area contributed by atoms with E-state index in [2.05, 4.69) is 17.0 Å². The number of carbonyl (C=O) groups is 1. The first-order valence-electron chi connectivity index (χ1n) is 7.74. The first kappa shape index (κ1) is 15.2. The predicted octanol–water partition coefficient (Wildman–Crippen LogP) is -0.872. The van der Waals surface area contributed by atoms with Gasteiger partial charge in [0.1, 0.15) is 13.2 Å². The first-order chi connectivity index (χ1) is 10.6. The Balaban J connectivity index is 1.64. The van der Waals surface area contributed by atoms with E-state index in [0.29, 0.717) is 38.2 Å². The Labute approximate surface area is 129 Å². The molecule has 22 heavy (non-hydrogen) atoms. The zero-order valence-corrected chi connectivity index (χ0v) is 13.2. The number of ether oxygens (including phenoxy) is 1. The molecule has 1 aromatic heterocycles. The molecule has 0 spiro atoms. The van der Waals surface area contributed by atoms with Gasteiger partial charge in [0, 0.05) is 19.6 Å². The van der Waals surface area contributed by atoms with Gasteiger partial charge in [-0.05, 0) is 26.4 Å². The van der Waals surface area contributed by atoms with Gasteiger partial charge >= 0.3 is 5.69 Å². The minimum absolute atomic E-state index is 0.00817. The van der Waals surface area contributed by atoms with Gasteiger partial charge in [0.25, 0.3) is 0 Å². The number of likely N-dealkylation sites (tertiary alicyclic amines) is 1. The molecule has 1 saturated heterocycles. The highest BCUT2D eigenvalue weighted by Crippen LogP contribution is 2.15. The fourth-order valence-corrected chi connectivity index (χ4v) is 3.12. The fraction of sp³-hybridized carbons (Fsp3) is 0.786. The Bertz CT molecular complexity index is 608. The number of aromatic nitrogens is 3. The molecule has 3 heterocycles. The third-order valence-electron chi connectivity index (χ3n) is 4.56. The van der Waals surface area contributed by atoms with Crippen LogP contribution in [-0.2, 0) is 29.2 Å². The molecule has 0 unspecified atom stereocenters. The lowest BCUT2D eigenvalue weighted by Gasteiger charge is -2.25. The van der Waals surface area contributed by atoms with Crippen LogP contribution in [0.1, 0.15) is 18.7 Å². The second kappa shape index (κ2) is 6.21. The van der Waals surface area contributed by atoms with Crippen LogP contribution < -0.4 is 5.69 Å². The molecule has 2 aliphatic rings. The molecular formula is C14H23N5O3. The van der Waals surface area contributed by atoms with Gasteiger partial charge in [-0.25, -0.2) is 9.48 Å². The zero-order valence-electron chi connectivity index (χ0n) is 13.2. The summed E-state index contributed by atoms with van der Waals surface area (Å²) in [6.07, 6.45) is 2.29. The number of fused-ring (bicyclic) bond motifs is 1. The van der Waals surface area contributed by atoms with Crippen molar-refractivity contribution in [3.05, 3.63) is 16.3 Å². The summed E-state index contributed by atoms with van der Waals surface area (Å²) in [5.41, 5.74) is -0.224. The smallest absolute Gasteiger partial charge is 0.346 e. The molecule has 0 aromatic carbocycles. The second-order valence-corrected chi connectivity index (χ2v) is 6.11. The van der Waals surface area contributed by atoms with Crippen LogP contribution in [0.3, 0.4) is 0 Å². The average Bonchev–Trinajstić information content (AvgIpc) is 3.04. The van der Waals surface area contributed by atoms with E-state index in [1.807, 2.05) is 0 Å². The standard InChI is InChI=1S/C14H23N5O3/c1-16-5-3-4-11(16)8-17(2)13(20)9-19-14(21)18-6-7-22-10-12(18)15-19/h11H,3-10H2,1-2H3/t11-/m1/s1. The number of carbonyl (C=O) groups excluding carboxylic acids is 1. The van der Waals surface area contributed by atoms with Gasteiger partial charge in [0.15, 0.2) is 5.82 Å². The number of likely N-dealkylation sites (N-methyl/N-ethyl adjacent to an activating group) is 2. The van der Waals surface area contributed by atoms with Crippen molar-refractivity contribution in [3.63, 3.8) is 0 Å². The summed E-state index contributed by atoms with van der Waals surface area (Å²) in [6.45, 7) is 3.12. The molecule has 0 saturated carbocycles. The summed E-state index contributed by atoms with van der Waals surface area (Å²) in [5.74, 6) is 0.515. The molecule has 2 aliphatic heterocycles. The third kappa shape index (κ3) is 2.93. The minimum Gasteiger partial charge on any atom is -0.372 e. The van der Waals surface area contributed by atoms with Crippen molar-refractivity contribution in [2.24, 2.45) is 0 Å². The highest BCUT2D eigenvalue weighted by molar-refractivity contribution is 5.75. The van der Waals surface area contributed by atoms with Crippen molar-refractivity contribution in [3.8, 4) is 0 Å². The fourth-order valence-electron chi connectivity index (χ4n) is 3.12. The van der Waals surface area contributed by atoms with E-state index < -0.39 is 0 Å². The molecule has 1 atom stereocenters.